The number of ether oxygens (including phenoxy) is 2. The van der Waals surface area contributed by atoms with Gasteiger partial charge >= 0.3 is 5.97 Å². The van der Waals surface area contributed by atoms with Crippen molar-refractivity contribution in [2.75, 3.05) is 32.1 Å². The molecule has 3 rings (SSSR count). The first-order chi connectivity index (χ1) is 11.2. The van der Waals surface area contributed by atoms with Crippen molar-refractivity contribution in [2.45, 2.75) is 37.8 Å². The summed E-state index contributed by atoms with van der Waals surface area (Å²) in [5, 5.41) is 4.61. The van der Waals surface area contributed by atoms with Crippen molar-refractivity contribution < 1.29 is 19.1 Å². The van der Waals surface area contributed by atoms with Crippen LogP contribution in [0.3, 0.4) is 0 Å². The van der Waals surface area contributed by atoms with Gasteiger partial charge in [-0.25, -0.2) is 4.79 Å². The average Bonchev–Trinajstić information content (AvgIpc) is 3.15. The molecule has 1 aliphatic carbocycles. The lowest BCUT2D eigenvalue weighted by Gasteiger charge is -2.29. The second-order valence-corrected chi connectivity index (χ2v) is 6.85. The van der Waals surface area contributed by atoms with Gasteiger partial charge in [0.2, 0.25) is 5.91 Å². The molecule has 2 aliphatic rings. The summed E-state index contributed by atoms with van der Waals surface area (Å²) in [4.78, 5) is 26.7. The fourth-order valence-electron chi connectivity index (χ4n) is 3.42. The van der Waals surface area contributed by atoms with Crippen LogP contribution in [0.25, 0.3) is 0 Å². The molecule has 0 bridgehead atoms. The zero-order valence-corrected chi connectivity index (χ0v) is 14.1. The molecule has 1 aromatic rings. The van der Waals surface area contributed by atoms with Crippen LogP contribution in [-0.2, 0) is 14.3 Å². The number of methoxy groups -OCH3 is 1. The number of anilines is 1. The molecule has 2 fully saturated rings. The Balaban J connectivity index is 1.62. The minimum atomic E-state index is -0.422. The van der Waals surface area contributed by atoms with E-state index < -0.39 is 5.97 Å². The molecule has 126 valence electrons. The van der Waals surface area contributed by atoms with Crippen molar-refractivity contribution in [3.05, 3.63) is 16.3 Å². The molecule has 0 spiro atoms. The van der Waals surface area contributed by atoms with Gasteiger partial charge in [-0.2, -0.15) is 0 Å². The van der Waals surface area contributed by atoms with E-state index in [9.17, 15) is 9.59 Å². The zero-order valence-electron chi connectivity index (χ0n) is 13.2. The Morgan fingerprint density at radius 2 is 2.30 bits per heavy atom. The van der Waals surface area contributed by atoms with Crippen LogP contribution in [0.5, 0.6) is 0 Å². The molecular formula is C16H22N2O4S. The van der Waals surface area contributed by atoms with Gasteiger partial charge in [0, 0.05) is 19.2 Å². The molecule has 23 heavy (non-hydrogen) atoms. The van der Waals surface area contributed by atoms with E-state index in [1.54, 1.807) is 11.4 Å². The Hall–Kier alpha value is -1.44. The van der Waals surface area contributed by atoms with Gasteiger partial charge < -0.3 is 14.8 Å². The van der Waals surface area contributed by atoms with Gasteiger partial charge in [-0.3, -0.25) is 9.69 Å². The van der Waals surface area contributed by atoms with E-state index in [4.69, 9.17) is 9.47 Å². The molecule has 2 heterocycles. The normalized spacial score (nSPS) is 24.7. The lowest BCUT2D eigenvalue weighted by molar-refractivity contribution is -0.118. The quantitative estimate of drug-likeness (QED) is 0.852. The highest BCUT2D eigenvalue weighted by molar-refractivity contribution is 7.12. The van der Waals surface area contributed by atoms with Crippen LogP contribution < -0.4 is 5.32 Å². The maximum Gasteiger partial charge on any atom is 0.350 e. The Bertz CT molecular complexity index is 574. The van der Waals surface area contributed by atoms with Crippen LogP contribution in [0, 0.1) is 0 Å². The van der Waals surface area contributed by atoms with Crippen molar-refractivity contribution in [3.63, 3.8) is 0 Å². The van der Waals surface area contributed by atoms with Gasteiger partial charge in [-0.05, 0) is 37.1 Å². The Morgan fingerprint density at radius 3 is 3.13 bits per heavy atom. The van der Waals surface area contributed by atoms with E-state index >= 15 is 0 Å². The predicted octanol–water partition coefficient (Wildman–Crippen LogP) is 2.12. The third-order valence-electron chi connectivity index (χ3n) is 4.47. The lowest BCUT2D eigenvalue weighted by atomic mass is 10.1. The first-order valence-corrected chi connectivity index (χ1v) is 8.88. The topological polar surface area (TPSA) is 67.9 Å². The zero-order chi connectivity index (χ0) is 16.2. The molecular weight excluding hydrogens is 316 g/mol. The molecule has 1 saturated carbocycles. The van der Waals surface area contributed by atoms with E-state index in [2.05, 4.69) is 10.2 Å². The molecule has 0 unspecified atom stereocenters. The molecule has 0 radical (unpaired) electrons. The third kappa shape index (κ3) is 3.73. The van der Waals surface area contributed by atoms with Crippen LogP contribution >= 0.6 is 11.3 Å². The average molecular weight is 338 g/mol. The predicted molar refractivity (Wildman–Crippen MR) is 87.9 cm³/mol. The highest BCUT2D eigenvalue weighted by Gasteiger charge is 2.35. The fourth-order valence-corrected chi connectivity index (χ4v) is 4.18. The number of hydrogen-bond acceptors (Lipinski definition) is 6. The molecule has 7 heteroatoms. The van der Waals surface area contributed by atoms with Crippen molar-refractivity contribution in [2.24, 2.45) is 0 Å². The summed E-state index contributed by atoms with van der Waals surface area (Å²) in [5.74, 6) is -0.518. The van der Waals surface area contributed by atoms with Crippen LogP contribution in [0.1, 0.15) is 35.4 Å². The fraction of sp³-hybridized carbons (Fsp3) is 0.625. The van der Waals surface area contributed by atoms with Gasteiger partial charge in [0.05, 0.1) is 25.4 Å². The van der Waals surface area contributed by atoms with Crippen LogP contribution in [0.2, 0.25) is 0 Å². The number of carbonyl (C=O) groups excluding carboxylic acids is 2. The largest absolute Gasteiger partial charge is 0.465 e. The van der Waals surface area contributed by atoms with E-state index in [0.717, 1.165) is 38.8 Å². The number of hydrogen-bond donors (Lipinski definition) is 1. The molecule has 1 aromatic heterocycles. The van der Waals surface area contributed by atoms with Crippen LogP contribution in [-0.4, -0.2) is 55.7 Å². The van der Waals surface area contributed by atoms with E-state index in [0.29, 0.717) is 23.2 Å². The highest BCUT2D eigenvalue weighted by Crippen LogP contribution is 2.29. The van der Waals surface area contributed by atoms with Gasteiger partial charge in [-0.15, -0.1) is 11.3 Å². The number of nitrogens with one attached hydrogen (secondary N) is 1. The van der Waals surface area contributed by atoms with Gasteiger partial charge in [0.1, 0.15) is 4.88 Å². The molecule has 1 amide bonds. The summed E-state index contributed by atoms with van der Waals surface area (Å²) in [6, 6.07) is 2.07. The number of fused-ring (bicyclic) bond motifs is 1. The maximum atomic E-state index is 12.4. The van der Waals surface area contributed by atoms with Gasteiger partial charge in [0.25, 0.3) is 0 Å². The molecule has 1 N–H and O–H groups in total. The van der Waals surface area contributed by atoms with Crippen LogP contribution in [0.15, 0.2) is 11.4 Å². The summed E-state index contributed by atoms with van der Waals surface area (Å²) in [6.07, 6.45) is 4.54. The summed E-state index contributed by atoms with van der Waals surface area (Å²) in [7, 11) is 1.34. The number of rotatable bonds is 4. The number of amides is 1. The van der Waals surface area contributed by atoms with Crippen molar-refractivity contribution in [1.29, 1.82) is 0 Å². The highest BCUT2D eigenvalue weighted by atomic mass is 32.1. The number of nitrogens with zero attached hydrogens (tertiary/aromatic N) is 1. The van der Waals surface area contributed by atoms with Crippen LogP contribution in [0.4, 0.5) is 5.69 Å². The smallest absolute Gasteiger partial charge is 0.350 e. The summed E-state index contributed by atoms with van der Waals surface area (Å²) < 4.78 is 10.6. The maximum absolute atomic E-state index is 12.4. The lowest BCUT2D eigenvalue weighted by Crippen LogP contribution is -2.44. The second-order valence-electron chi connectivity index (χ2n) is 5.93. The van der Waals surface area contributed by atoms with Crippen molar-refractivity contribution in [1.82, 2.24) is 4.90 Å². The number of carbonyl (C=O) groups is 2. The van der Waals surface area contributed by atoms with Crippen molar-refractivity contribution >= 4 is 28.9 Å². The van der Waals surface area contributed by atoms with Gasteiger partial charge in [-0.1, -0.05) is 0 Å². The Labute approximate surface area is 139 Å². The molecule has 6 nitrogen and oxygen atoms in total. The summed E-state index contributed by atoms with van der Waals surface area (Å²) in [5.41, 5.74) is 0.529. The minimum absolute atomic E-state index is 0.0962. The molecule has 1 aliphatic heterocycles. The number of thiophene rings is 1. The summed E-state index contributed by atoms with van der Waals surface area (Å²) >= 11 is 1.27. The summed E-state index contributed by atoms with van der Waals surface area (Å²) in [6.45, 7) is 1.99. The van der Waals surface area contributed by atoms with Gasteiger partial charge in [0.15, 0.2) is 0 Å². The Kier molecular flexibility index (Phi) is 5.30. The second kappa shape index (κ2) is 7.42. The number of esters is 1. The van der Waals surface area contributed by atoms with E-state index in [-0.39, 0.29) is 12.0 Å². The SMILES string of the molecule is COC(=O)c1sccc1NC(=O)CN1CCCO[C@H]2CCC[C@@H]21. The van der Waals surface area contributed by atoms with E-state index in [1.165, 1.54) is 18.4 Å². The molecule has 2 atom stereocenters. The standard InChI is InChI=1S/C16H22N2O4S/c1-21-16(20)15-11(6-9-23-15)17-14(19)10-18-7-3-8-22-13-5-2-4-12(13)18/h6,9,12-13H,2-5,7-8,10H2,1H3,(H,17,19)/t12-,13-/m0/s1. The monoisotopic (exact) mass is 338 g/mol. The minimum Gasteiger partial charge on any atom is -0.465 e. The Morgan fingerprint density at radius 1 is 1.43 bits per heavy atom. The van der Waals surface area contributed by atoms with Crippen molar-refractivity contribution in [3.8, 4) is 0 Å². The van der Waals surface area contributed by atoms with E-state index in [1.807, 2.05) is 0 Å². The first kappa shape index (κ1) is 16.4. The third-order valence-corrected chi connectivity index (χ3v) is 5.36. The molecule has 1 saturated heterocycles. The first-order valence-electron chi connectivity index (χ1n) is 8.00. The molecule has 0 aromatic carbocycles.